The van der Waals surface area contributed by atoms with Crippen molar-refractivity contribution in [1.29, 1.82) is 0 Å². The van der Waals surface area contributed by atoms with E-state index in [4.69, 9.17) is 5.11 Å². The molecular formula is C7H6O8-2. The SMILES string of the molecule is CC(=O)C(=O)[O-].O=C(O)CC(=O)C(=O)[O-]. The Kier molecular flexibility index (Phi) is 7.29. The van der Waals surface area contributed by atoms with E-state index in [1.807, 2.05) is 0 Å². The average molecular weight is 218 g/mol. The van der Waals surface area contributed by atoms with Gasteiger partial charge in [0, 0.05) is 6.92 Å². The van der Waals surface area contributed by atoms with Crippen LogP contribution in [-0.4, -0.2) is 34.6 Å². The molecule has 0 heterocycles. The number of hydrogen-bond donors (Lipinski definition) is 1. The van der Waals surface area contributed by atoms with E-state index in [-0.39, 0.29) is 0 Å². The third-order valence-electron chi connectivity index (χ3n) is 0.827. The molecule has 8 nitrogen and oxygen atoms in total. The first-order valence-electron chi connectivity index (χ1n) is 3.36. The van der Waals surface area contributed by atoms with Crippen molar-refractivity contribution in [2.24, 2.45) is 0 Å². The zero-order valence-electron chi connectivity index (χ0n) is 7.51. The van der Waals surface area contributed by atoms with Gasteiger partial charge in [-0.1, -0.05) is 0 Å². The molecule has 0 saturated heterocycles. The highest BCUT2D eigenvalue weighted by Gasteiger charge is 2.06. The summed E-state index contributed by atoms with van der Waals surface area (Å²) in [5.74, 6) is -7.41. The number of ketones is 2. The molecule has 0 aliphatic carbocycles. The summed E-state index contributed by atoms with van der Waals surface area (Å²) in [6.45, 7) is 0.940. The number of carboxylic acid groups (broad SMARTS) is 3. The first kappa shape index (κ1) is 15.2. The van der Waals surface area contributed by atoms with Crippen LogP contribution in [0.15, 0.2) is 0 Å². The van der Waals surface area contributed by atoms with E-state index in [1.54, 1.807) is 0 Å². The van der Waals surface area contributed by atoms with Gasteiger partial charge >= 0.3 is 5.97 Å². The van der Waals surface area contributed by atoms with E-state index in [0.717, 1.165) is 6.92 Å². The fourth-order valence-corrected chi connectivity index (χ4v) is 0.210. The van der Waals surface area contributed by atoms with Crippen molar-refractivity contribution >= 4 is 29.5 Å². The minimum atomic E-state index is -1.96. The number of carbonyl (C=O) groups excluding carboxylic acids is 4. The second-order valence-corrected chi connectivity index (χ2v) is 2.12. The predicted molar refractivity (Wildman–Crippen MR) is 38.0 cm³/mol. The van der Waals surface area contributed by atoms with Gasteiger partial charge in [0.2, 0.25) is 0 Å². The summed E-state index contributed by atoms with van der Waals surface area (Å²) in [5.41, 5.74) is 0. The van der Waals surface area contributed by atoms with Crippen LogP contribution in [0.5, 0.6) is 0 Å². The van der Waals surface area contributed by atoms with Gasteiger partial charge in [0.25, 0.3) is 0 Å². The summed E-state index contributed by atoms with van der Waals surface area (Å²) in [6.07, 6.45) is -1.01. The Bertz CT molecular complexity index is 290. The number of Topliss-reactive ketones (excluding diaryl/α,β-unsaturated/α-hetero) is 2. The summed E-state index contributed by atoms with van der Waals surface area (Å²) >= 11 is 0. The molecule has 8 heteroatoms. The lowest BCUT2D eigenvalue weighted by Crippen LogP contribution is -2.32. The largest absolute Gasteiger partial charge is 0.542 e. The average Bonchev–Trinajstić information content (AvgIpc) is 2.03. The van der Waals surface area contributed by atoms with Crippen molar-refractivity contribution in [3.05, 3.63) is 0 Å². The predicted octanol–water partition coefficient (Wildman–Crippen LogP) is -3.89. The van der Waals surface area contributed by atoms with Crippen LogP contribution in [0, 0.1) is 0 Å². The van der Waals surface area contributed by atoms with Crippen LogP contribution in [0.25, 0.3) is 0 Å². The van der Waals surface area contributed by atoms with Gasteiger partial charge in [0.1, 0.15) is 18.4 Å². The minimum absolute atomic E-state index is 0.935. The molecule has 15 heavy (non-hydrogen) atoms. The van der Waals surface area contributed by atoms with E-state index in [2.05, 4.69) is 0 Å². The Balaban J connectivity index is 0. The maximum absolute atomic E-state index is 9.91. The quantitative estimate of drug-likeness (QED) is 0.371. The lowest BCUT2D eigenvalue weighted by Gasteiger charge is -1.94. The molecule has 84 valence electrons. The van der Waals surface area contributed by atoms with Crippen molar-refractivity contribution in [3.63, 3.8) is 0 Å². The monoisotopic (exact) mass is 218 g/mol. The first-order chi connectivity index (χ1) is 6.68. The number of carbonyl (C=O) groups is 5. The van der Waals surface area contributed by atoms with Crippen LogP contribution in [0.3, 0.4) is 0 Å². The number of aliphatic carboxylic acids is 3. The first-order valence-corrected chi connectivity index (χ1v) is 3.36. The maximum atomic E-state index is 9.91. The van der Waals surface area contributed by atoms with Gasteiger partial charge in [-0.25, -0.2) is 0 Å². The zero-order valence-corrected chi connectivity index (χ0v) is 7.51. The lowest BCUT2D eigenvalue weighted by molar-refractivity contribution is -0.300. The van der Waals surface area contributed by atoms with Gasteiger partial charge in [0.15, 0.2) is 11.6 Å². The van der Waals surface area contributed by atoms with Crippen molar-refractivity contribution in [3.8, 4) is 0 Å². The van der Waals surface area contributed by atoms with E-state index in [1.165, 1.54) is 0 Å². The fourth-order valence-electron chi connectivity index (χ4n) is 0.210. The normalized spacial score (nSPS) is 8.07. The van der Waals surface area contributed by atoms with Gasteiger partial charge in [-0.3, -0.25) is 14.4 Å². The lowest BCUT2D eigenvalue weighted by atomic mass is 10.3. The van der Waals surface area contributed by atoms with Crippen LogP contribution in [0.4, 0.5) is 0 Å². The molecule has 0 aliphatic heterocycles. The topological polar surface area (TPSA) is 152 Å². The molecule has 0 atom stereocenters. The van der Waals surface area contributed by atoms with E-state index < -0.39 is 35.9 Å². The van der Waals surface area contributed by atoms with Crippen LogP contribution < -0.4 is 10.2 Å². The molecule has 0 saturated carbocycles. The van der Waals surface area contributed by atoms with Crippen molar-refractivity contribution in [2.45, 2.75) is 13.3 Å². The van der Waals surface area contributed by atoms with Crippen molar-refractivity contribution in [2.75, 3.05) is 0 Å². The molecule has 0 radical (unpaired) electrons. The Morgan fingerprint density at radius 2 is 1.33 bits per heavy atom. The molecule has 0 bridgehead atoms. The standard InChI is InChI=1S/C4H4O5.C3H4O3/c5-2(4(8)9)1-3(6)7;1-2(4)3(5)6/h1H2,(H,6,7)(H,8,9);1H3,(H,5,6)/p-2. The Hall–Kier alpha value is -2.25. The molecule has 0 aliphatic rings. The molecule has 0 spiro atoms. The number of rotatable bonds is 4. The van der Waals surface area contributed by atoms with E-state index in [0.29, 0.717) is 0 Å². The van der Waals surface area contributed by atoms with Crippen LogP contribution in [-0.2, 0) is 24.0 Å². The van der Waals surface area contributed by atoms with Gasteiger partial charge < -0.3 is 24.9 Å². The zero-order chi connectivity index (χ0) is 12.6. The minimum Gasteiger partial charge on any atom is -0.542 e. The van der Waals surface area contributed by atoms with Gasteiger partial charge in [-0.2, -0.15) is 0 Å². The Morgan fingerprint density at radius 3 is 1.40 bits per heavy atom. The summed E-state index contributed by atoms with van der Waals surface area (Å²) in [5, 5.41) is 26.6. The van der Waals surface area contributed by atoms with Crippen molar-refractivity contribution < 1.29 is 39.3 Å². The summed E-state index contributed by atoms with van der Waals surface area (Å²) in [4.78, 5) is 47.7. The third-order valence-corrected chi connectivity index (χ3v) is 0.827. The molecule has 0 aromatic heterocycles. The highest BCUT2D eigenvalue weighted by molar-refractivity contribution is 6.34. The van der Waals surface area contributed by atoms with Crippen LogP contribution >= 0.6 is 0 Å². The second kappa shape index (κ2) is 7.18. The highest BCUT2D eigenvalue weighted by Crippen LogP contribution is 1.79. The molecule has 0 aromatic rings. The molecule has 0 aromatic carbocycles. The summed E-state index contributed by atoms with van der Waals surface area (Å²) in [7, 11) is 0. The molecule has 0 amide bonds. The summed E-state index contributed by atoms with van der Waals surface area (Å²) in [6, 6.07) is 0. The van der Waals surface area contributed by atoms with Gasteiger partial charge in [0.05, 0.1) is 0 Å². The number of hydrogen-bond acceptors (Lipinski definition) is 7. The molecular weight excluding hydrogens is 212 g/mol. The van der Waals surface area contributed by atoms with E-state index in [9.17, 15) is 34.2 Å². The van der Waals surface area contributed by atoms with Crippen LogP contribution in [0.2, 0.25) is 0 Å². The Labute approximate surface area is 83.1 Å². The van der Waals surface area contributed by atoms with Gasteiger partial charge in [-0.05, 0) is 0 Å². The van der Waals surface area contributed by atoms with E-state index >= 15 is 0 Å². The fraction of sp³-hybridized carbons (Fsp3) is 0.286. The van der Waals surface area contributed by atoms with Crippen LogP contribution in [0.1, 0.15) is 13.3 Å². The van der Waals surface area contributed by atoms with Gasteiger partial charge in [-0.15, -0.1) is 0 Å². The third kappa shape index (κ3) is 11.8. The molecule has 1 N–H and O–H groups in total. The molecule has 0 unspecified atom stereocenters. The number of carboxylic acids is 3. The molecule has 0 fully saturated rings. The maximum Gasteiger partial charge on any atom is 0.311 e. The highest BCUT2D eigenvalue weighted by atomic mass is 16.4. The smallest absolute Gasteiger partial charge is 0.311 e. The molecule has 0 rings (SSSR count). The summed E-state index contributed by atoms with van der Waals surface area (Å²) < 4.78 is 0. The Morgan fingerprint density at radius 1 is 1.00 bits per heavy atom. The second-order valence-electron chi connectivity index (χ2n) is 2.12. The van der Waals surface area contributed by atoms with Crippen molar-refractivity contribution in [1.82, 2.24) is 0 Å².